The topological polar surface area (TPSA) is 67.1 Å². The average Bonchev–Trinajstić information content (AvgIpc) is 2.73. The van der Waals surface area contributed by atoms with Gasteiger partial charge in [-0.3, -0.25) is 4.98 Å². The normalized spacial score (nSPS) is 10.8. The lowest BCUT2D eigenvalue weighted by molar-refractivity contribution is 1.12. The van der Waals surface area contributed by atoms with Crippen LogP contribution in [0.5, 0.6) is 0 Å². The van der Waals surface area contributed by atoms with Crippen molar-refractivity contribution in [2.75, 3.05) is 30.0 Å². The van der Waals surface area contributed by atoms with Gasteiger partial charge in [0.2, 0.25) is 0 Å². The Labute approximate surface area is 164 Å². The zero-order valence-corrected chi connectivity index (χ0v) is 16.1. The van der Waals surface area contributed by atoms with E-state index in [1.807, 2.05) is 56.6 Å². The second kappa shape index (κ2) is 7.56. The molecule has 5 nitrogen and oxygen atoms in total. The molecule has 0 aliphatic rings. The first-order chi connectivity index (χ1) is 13.6. The number of anilines is 3. The van der Waals surface area contributed by atoms with E-state index in [0.717, 1.165) is 44.9 Å². The molecule has 0 atom stereocenters. The van der Waals surface area contributed by atoms with Gasteiger partial charge in [-0.2, -0.15) is 0 Å². The fourth-order valence-corrected chi connectivity index (χ4v) is 3.16. The van der Waals surface area contributed by atoms with Crippen LogP contribution in [0.25, 0.3) is 22.2 Å². The lowest BCUT2D eigenvalue weighted by atomic mass is 10.1. The number of rotatable bonds is 5. The molecule has 2 aromatic heterocycles. The molecule has 2 aromatic carbocycles. The van der Waals surface area contributed by atoms with Gasteiger partial charge in [0.15, 0.2) is 0 Å². The highest BCUT2D eigenvalue weighted by atomic mass is 15.1. The molecule has 0 saturated heterocycles. The van der Waals surface area contributed by atoms with Crippen molar-refractivity contribution in [3.05, 3.63) is 78.5 Å². The fourth-order valence-electron chi connectivity index (χ4n) is 3.16. The Balaban J connectivity index is 1.72. The Morgan fingerprint density at radius 1 is 0.964 bits per heavy atom. The number of nitrogens with zero attached hydrogens (tertiary/aromatic N) is 3. The number of fused-ring (bicyclic) bond motifs is 1. The van der Waals surface area contributed by atoms with E-state index in [0.29, 0.717) is 6.54 Å². The maximum atomic E-state index is 6.08. The minimum Gasteiger partial charge on any atom is -0.398 e. The Bertz CT molecular complexity index is 1100. The highest BCUT2D eigenvalue weighted by molar-refractivity contribution is 5.92. The summed E-state index contributed by atoms with van der Waals surface area (Å²) in [5, 5.41) is 4.44. The van der Waals surface area contributed by atoms with E-state index in [2.05, 4.69) is 39.5 Å². The van der Waals surface area contributed by atoms with Crippen LogP contribution >= 0.6 is 0 Å². The predicted octanol–water partition coefficient (Wildman–Crippen LogP) is 4.56. The third kappa shape index (κ3) is 3.60. The molecule has 0 aliphatic heterocycles. The summed E-state index contributed by atoms with van der Waals surface area (Å²) in [6, 6.07) is 22.2. The zero-order valence-electron chi connectivity index (χ0n) is 16.1. The van der Waals surface area contributed by atoms with Gasteiger partial charge >= 0.3 is 0 Å². The van der Waals surface area contributed by atoms with Crippen LogP contribution in [0.4, 0.5) is 17.2 Å². The Morgan fingerprint density at radius 3 is 2.50 bits per heavy atom. The number of nitrogen functional groups attached to an aromatic ring is 1. The van der Waals surface area contributed by atoms with Gasteiger partial charge in [0.05, 0.1) is 11.2 Å². The molecule has 28 heavy (non-hydrogen) atoms. The summed E-state index contributed by atoms with van der Waals surface area (Å²) in [5.41, 5.74) is 11.9. The average molecular weight is 369 g/mol. The standard InChI is InChI=1S/C23H23N5/c1-28(2)18-11-9-16(10-12-18)21-14-22-19(7-5-13-25-22)23(27-21)26-15-17-6-3-4-8-20(17)24/h3-14H,15,24H2,1-2H3,(H,26,27). The molecule has 4 rings (SSSR count). The molecule has 0 amide bonds. The lowest BCUT2D eigenvalue weighted by Crippen LogP contribution is -2.08. The summed E-state index contributed by atoms with van der Waals surface area (Å²) in [5.74, 6) is 0.806. The summed E-state index contributed by atoms with van der Waals surface area (Å²) < 4.78 is 0. The monoisotopic (exact) mass is 369 g/mol. The fraction of sp³-hybridized carbons (Fsp3) is 0.130. The van der Waals surface area contributed by atoms with Crippen molar-refractivity contribution in [2.45, 2.75) is 6.54 Å². The van der Waals surface area contributed by atoms with Crippen molar-refractivity contribution in [1.82, 2.24) is 9.97 Å². The summed E-state index contributed by atoms with van der Waals surface area (Å²) in [6.07, 6.45) is 1.81. The number of pyridine rings is 2. The number of hydrogen-bond acceptors (Lipinski definition) is 5. The van der Waals surface area contributed by atoms with Crippen LogP contribution in [0.3, 0.4) is 0 Å². The Hall–Kier alpha value is -3.60. The number of nitrogens with two attached hydrogens (primary N) is 1. The predicted molar refractivity (Wildman–Crippen MR) is 117 cm³/mol. The Morgan fingerprint density at radius 2 is 1.75 bits per heavy atom. The van der Waals surface area contributed by atoms with Crippen LogP contribution < -0.4 is 16.0 Å². The lowest BCUT2D eigenvalue weighted by Gasteiger charge is -2.14. The van der Waals surface area contributed by atoms with Gasteiger partial charge in [-0.25, -0.2) is 4.98 Å². The maximum absolute atomic E-state index is 6.08. The quantitative estimate of drug-likeness (QED) is 0.505. The SMILES string of the molecule is CN(C)c1ccc(-c2cc3ncccc3c(NCc3ccccc3N)n2)cc1. The molecule has 0 radical (unpaired) electrons. The first kappa shape index (κ1) is 17.8. The molecule has 0 spiro atoms. The number of nitrogens with one attached hydrogen (secondary N) is 1. The van der Waals surface area contributed by atoms with E-state index in [1.165, 1.54) is 0 Å². The van der Waals surface area contributed by atoms with Crippen LogP contribution in [0.2, 0.25) is 0 Å². The highest BCUT2D eigenvalue weighted by Gasteiger charge is 2.09. The molecule has 5 heteroatoms. The van der Waals surface area contributed by atoms with E-state index >= 15 is 0 Å². The minimum absolute atomic E-state index is 0.604. The molecule has 4 aromatic rings. The third-order valence-electron chi connectivity index (χ3n) is 4.78. The van der Waals surface area contributed by atoms with Crippen LogP contribution in [-0.4, -0.2) is 24.1 Å². The highest BCUT2D eigenvalue weighted by Crippen LogP contribution is 2.28. The molecule has 3 N–H and O–H groups in total. The number of benzene rings is 2. The van der Waals surface area contributed by atoms with E-state index in [4.69, 9.17) is 10.7 Å². The van der Waals surface area contributed by atoms with Crippen molar-refractivity contribution in [2.24, 2.45) is 0 Å². The summed E-state index contributed by atoms with van der Waals surface area (Å²) in [7, 11) is 4.06. The van der Waals surface area contributed by atoms with Crippen molar-refractivity contribution >= 4 is 28.1 Å². The van der Waals surface area contributed by atoms with Gasteiger partial charge < -0.3 is 16.0 Å². The first-order valence-electron chi connectivity index (χ1n) is 9.22. The second-order valence-electron chi connectivity index (χ2n) is 6.92. The third-order valence-corrected chi connectivity index (χ3v) is 4.78. The molecular formula is C23H23N5. The number of hydrogen-bond donors (Lipinski definition) is 2. The summed E-state index contributed by atoms with van der Waals surface area (Å²) >= 11 is 0. The molecule has 0 aliphatic carbocycles. The van der Waals surface area contributed by atoms with Gasteiger partial charge in [0.1, 0.15) is 5.82 Å². The summed E-state index contributed by atoms with van der Waals surface area (Å²) in [4.78, 5) is 11.5. The van der Waals surface area contributed by atoms with Crippen LogP contribution in [0.15, 0.2) is 72.9 Å². The van der Waals surface area contributed by atoms with Crippen molar-refractivity contribution < 1.29 is 0 Å². The first-order valence-corrected chi connectivity index (χ1v) is 9.22. The smallest absolute Gasteiger partial charge is 0.136 e. The van der Waals surface area contributed by atoms with Gasteiger partial charge in [-0.15, -0.1) is 0 Å². The number of para-hydroxylation sites is 1. The molecule has 0 bridgehead atoms. The van der Waals surface area contributed by atoms with E-state index < -0.39 is 0 Å². The number of aromatic nitrogens is 2. The van der Waals surface area contributed by atoms with Crippen molar-refractivity contribution in [1.29, 1.82) is 0 Å². The van der Waals surface area contributed by atoms with E-state index in [1.54, 1.807) is 6.20 Å². The van der Waals surface area contributed by atoms with E-state index in [-0.39, 0.29) is 0 Å². The second-order valence-corrected chi connectivity index (χ2v) is 6.92. The van der Waals surface area contributed by atoms with Crippen molar-refractivity contribution in [3.63, 3.8) is 0 Å². The zero-order chi connectivity index (χ0) is 19.5. The molecular weight excluding hydrogens is 346 g/mol. The van der Waals surface area contributed by atoms with Gasteiger partial charge in [0, 0.05) is 49.2 Å². The molecule has 0 unspecified atom stereocenters. The van der Waals surface area contributed by atoms with Crippen LogP contribution in [0.1, 0.15) is 5.56 Å². The molecule has 0 saturated carbocycles. The van der Waals surface area contributed by atoms with Crippen molar-refractivity contribution in [3.8, 4) is 11.3 Å². The summed E-state index contributed by atoms with van der Waals surface area (Å²) in [6.45, 7) is 0.604. The molecule has 0 fully saturated rings. The minimum atomic E-state index is 0.604. The Kier molecular flexibility index (Phi) is 4.81. The molecule has 2 heterocycles. The van der Waals surface area contributed by atoms with Gasteiger partial charge in [-0.1, -0.05) is 30.3 Å². The van der Waals surface area contributed by atoms with E-state index in [9.17, 15) is 0 Å². The molecule has 140 valence electrons. The van der Waals surface area contributed by atoms with Gasteiger partial charge in [-0.05, 0) is 42.0 Å². The van der Waals surface area contributed by atoms with Crippen LogP contribution in [0, 0.1) is 0 Å². The largest absolute Gasteiger partial charge is 0.398 e. The maximum Gasteiger partial charge on any atom is 0.136 e. The van der Waals surface area contributed by atoms with Gasteiger partial charge in [0.25, 0.3) is 0 Å². The van der Waals surface area contributed by atoms with Crippen LogP contribution in [-0.2, 0) is 6.54 Å².